The summed E-state index contributed by atoms with van der Waals surface area (Å²) in [4.78, 5) is 21.2. The van der Waals surface area contributed by atoms with Crippen molar-refractivity contribution in [3.8, 4) is 0 Å². The highest BCUT2D eigenvalue weighted by molar-refractivity contribution is 5.79. The Morgan fingerprint density at radius 3 is 2.87 bits per heavy atom. The molecule has 0 saturated heterocycles. The molecule has 15 heavy (non-hydrogen) atoms. The zero-order chi connectivity index (χ0) is 11.5. The van der Waals surface area contributed by atoms with Crippen LogP contribution in [0.1, 0.15) is 20.3 Å². The molecule has 0 heterocycles. The van der Waals surface area contributed by atoms with Gasteiger partial charge in [0.1, 0.15) is 0 Å². The Morgan fingerprint density at radius 1 is 1.73 bits per heavy atom. The minimum Gasteiger partial charge on any atom is -0.388 e. The van der Waals surface area contributed by atoms with Crippen molar-refractivity contribution < 1.29 is 9.72 Å². The lowest BCUT2D eigenvalue weighted by atomic mass is 9.89. The first-order chi connectivity index (χ1) is 7.03. The fraction of sp³-hybridized carbons (Fsp3) is 0.500. The molecule has 82 valence electrons. The lowest BCUT2D eigenvalue weighted by Crippen LogP contribution is -2.37. The molecule has 0 aliphatic heterocycles. The molecule has 1 unspecified atom stereocenters. The maximum atomic E-state index is 10.8. The number of rotatable bonds is 4. The van der Waals surface area contributed by atoms with Crippen molar-refractivity contribution in [2.45, 2.75) is 25.8 Å². The highest BCUT2D eigenvalue weighted by Gasteiger charge is 2.38. The minimum atomic E-state index is -1.11. The number of carbonyl (C=O) groups excluding carboxylic acids is 1. The van der Waals surface area contributed by atoms with Crippen LogP contribution >= 0.6 is 0 Å². The van der Waals surface area contributed by atoms with Crippen LogP contribution in [-0.4, -0.2) is 23.3 Å². The SMILES string of the molecule is CCNC1=C(C=O)C=CC(C)([N+](=O)[O-])C1. The van der Waals surface area contributed by atoms with Gasteiger partial charge in [-0.15, -0.1) is 0 Å². The molecule has 0 spiro atoms. The van der Waals surface area contributed by atoms with Gasteiger partial charge in [-0.3, -0.25) is 14.9 Å². The molecule has 1 atom stereocenters. The Hall–Kier alpha value is -1.65. The van der Waals surface area contributed by atoms with E-state index in [1.165, 1.54) is 12.2 Å². The minimum absolute atomic E-state index is 0.235. The summed E-state index contributed by atoms with van der Waals surface area (Å²) in [6.07, 6.45) is 3.93. The summed E-state index contributed by atoms with van der Waals surface area (Å²) >= 11 is 0. The molecule has 1 aliphatic carbocycles. The van der Waals surface area contributed by atoms with Crippen LogP contribution < -0.4 is 5.32 Å². The van der Waals surface area contributed by atoms with Crippen molar-refractivity contribution in [2.24, 2.45) is 0 Å². The second-order valence-corrected chi connectivity index (χ2v) is 3.71. The summed E-state index contributed by atoms with van der Waals surface area (Å²) in [6.45, 7) is 4.08. The third-order valence-corrected chi connectivity index (χ3v) is 2.44. The smallest absolute Gasteiger partial charge is 0.243 e. The fourth-order valence-electron chi connectivity index (χ4n) is 1.50. The number of nitrogens with one attached hydrogen (secondary N) is 1. The van der Waals surface area contributed by atoms with E-state index in [-0.39, 0.29) is 11.3 Å². The number of allylic oxidation sites excluding steroid dienone is 2. The van der Waals surface area contributed by atoms with E-state index >= 15 is 0 Å². The van der Waals surface area contributed by atoms with Crippen LogP contribution in [0.2, 0.25) is 0 Å². The first-order valence-electron chi connectivity index (χ1n) is 4.79. The number of hydrogen-bond donors (Lipinski definition) is 1. The van der Waals surface area contributed by atoms with Crippen molar-refractivity contribution in [3.05, 3.63) is 33.5 Å². The predicted molar refractivity (Wildman–Crippen MR) is 55.9 cm³/mol. The van der Waals surface area contributed by atoms with Crippen LogP contribution in [0.15, 0.2) is 23.4 Å². The van der Waals surface area contributed by atoms with E-state index in [9.17, 15) is 14.9 Å². The molecular weight excluding hydrogens is 196 g/mol. The van der Waals surface area contributed by atoms with E-state index < -0.39 is 5.54 Å². The van der Waals surface area contributed by atoms with Gasteiger partial charge < -0.3 is 5.32 Å². The molecule has 0 radical (unpaired) electrons. The second kappa shape index (κ2) is 4.25. The largest absolute Gasteiger partial charge is 0.388 e. The zero-order valence-corrected chi connectivity index (χ0v) is 8.82. The molecule has 5 nitrogen and oxygen atoms in total. The van der Waals surface area contributed by atoms with E-state index in [2.05, 4.69) is 5.32 Å². The van der Waals surface area contributed by atoms with Gasteiger partial charge in [-0.25, -0.2) is 0 Å². The molecule has 1 rings (SSSR count). The van der Waals surface area contributed by atoms with E-state index in [4.69, 9.17) is 0 Å². The maximum Gasteiger partial charge on any atom is 0.243 e. The Kier molecular flexibility index (Phi) is 3.24. The van der Waals surface area contributed by atoms with Crippen LogP contribution in [0.25, 0.3) is 0 Å². The molecule has 0 fully saturated rings. The van der Waals surface area contributed by atoms with E-state index in [0.29, 0.717) is 24.1 Å². The van der Waals surface area contributed by atoms with Gasteiger partial charge in [0.25, 0.3) is 0 Å². The number of nitrogens with zero attached hydrogens (tertiary/aromatic N) is 1. The molecule has 0 bridgehead atoms. The highest BCUT2D eigenvalue weighted by Crippen LogP contribution is 2.27. The van der Waals surface area contributed by atoms with Crippen molar-refractivity contribution in [3.63, 3.8) is 0 Å². The van der Waals surface area contributed by atoms with Gasteiger partial charge in [0.05, 0.1) is 6.42 Å². The highest BCUT2D eigenvalue weighted by atomic mass is 16.6. The van der Waals surface area contributed by atoms with Crippen molar-refractivity contribution in [1.29, 1.82) is 0 Å². The third kappa shape index (κ3) is 2.23. The van der Waals surface area contributed by atoms with Crippen LogP contribution in [0.3, 0.4) is 0 Å². The molecular formula is C10H14N2O3. The first-order valence-corrected chi connectivity index (χ1v) is 4.79. The zero-order valence-electron chi connectivity index (χ0n) is 8.82. The number of nitro groups is 1. The third-order valence-electron chi connectivity index (χ3n) is 2.44. The van der Waals surface area contributed by atoms with Gasteiger partial charge in [-0.2, -0.15) is 0 Å². The lowest BCUT2D eigenvalue weighted by molar-refractivity contribution is -0.550. The summed E-state index contributed by atoms with van der Waals surface area (Å²) in [5.41, 5.74) is 0.0367. The molecule has 1 aliphatic rings. The quantitative estimate of drug-likeness (QED) is 0.427. The first kappa shape index (κ1) is 11.4. The van der Waals surface area contributed by atoms with Gasteiger partial charge in [-0.05, 0) is 19.1 Å². The summed E-state index contributed by atoms with van der Waals surface area (Å²) in [5, 5.41) is 13.8. The van der Waals surface area contributed by atoms with Crippen molar-refractivity contribution >= 4 is 6.29 Å². The Morgan fingerprint density at radius 2 is 2.40 bits per heavy atom. The average molecular weight is 210 g/mol. The van der Waals surface area contributed by atoms with Crippen molar-refractivity contribution in [2.75, 3.05) is 6.54 Å². The van der Waals surface area contributed by atoms with Gasteiger partial charge in [-0.1, -0.05) is 0 Å². The summed E-state index contributed by atoms with van der Waals surface area (Å²) in [5.74, 6) is 0. The van der Waals surface area contributed by atoms with Crippen molar-refractivity contribution in [1.82, 2.24) is 5.32 Å². The molecule has 0 saturated carbocycles. The summed E-state index contributed by atoms with van der Waals surface area (Å²) in [7, 11) is 0. The maximum absolute atomic E-state index is 10.8. The number of hydrogen-bond acceptors (Lipinski definition) is 4. The Balaban J connectivity index is 2.99. The molecule has 1 N–H and O–H groups in total. The average Bonchev–Trinajstić information content (AvgIpc) is 2.18. The monoisotopic (exact) mass is 210 g/mol. The molecule has 0 aromatic heterocycles. The van der Waals surface area contributed by atoms with Gasteiger partial charge >= 0.3 is 0 Å². The normalized spacial score (nSPS) is 25.2. The van der Waals surface area contributed by atoms with Crippen LogP contribution in [0.4, 0.5) is 0 Å². The lowest BCUT2D eigenvalue weighted by Gasteiger charge is -2.23. The molecule has 0 aromatic rings. The fourth-order valence-corrected chi connectivity index (χ4v) is 1.50. The standard InChI is InChI=1S/C10H14N2O3/c1-3-11-9-6-10(2,12(14)15)5-4-8(9)7-13/h4-5,7,11H,3,6H2,1-2H3. The Labute approximate surface area is 88.0 Å². The van der Waals surface area contributed by atoms with Crippen LogP contribution in [-0.2, 0) is 4.79 Å². The van der Waals surface area contributed by atoms with Gasteiger partial charge in [0.15, 0.2) is 6.29 Å². The molecule has 0 aromatic carbocycles. The molecule has 5 heteroatoms. The Bertz CT molecular complexity index is 347. The topological polar surface area (TPSA) is 72.2 Å². The summed E-state index contributed by atoms with van der Waals surface area (Å²) in [6, 6.07) is 0. The van der Waals surface area contributed by atoms with Crippen LogP contribution in [0, 0.1) is 10.1 Å². The summed E-state index contributed by atoms with van der Waals surface area (Å²) < 4.78 is 0. The van der Waals surface area contributed by atoms with Crippen LogP contribution in [0.5, 0.6) is 0 Å². The van der Waals surface area contributed by atoms with E-state index in [1.54, 1.807) is 6.92 Å². The predicted octanol–water partition coefficient (Wildman–Crippen LogP) is 1.04. The van der Waals surface area contributed by atoms with Gasteiger partial charge in [0.2, 0.25) is 5.54 Å². The second-order valence-electron chi connectivity index (χ2n) is 3.71. The molecule has 0 amide bonds. The number of carbonyl (C=O) groups is 1. The van der Waals surface area contributed by atoms with Gasteiger partial charge in [0, 0.05) is 29.7 Å². The van der Waals surface area contributed by atoms with E-state index in [0.717, 1.165) is 0 Å². The van der Waals surface area contributed by atoms with E-state index in [1.807, 2.05) is 6.92 Å². The number of aldehydes is 1.